The van der Waals surface area contributed by atoms with E-state index in [2.05, 4.69) is 9.88 Å². The lowest BCUT2D eigenvalue weighted by Crippen LogP contribution is -2.44. The van der Waals surface area contributed by atoms with E-state index in [4.69, 9.17) is 4.42 Å². The lowest BCUT2D eigenvalue weighted by Gasteiger charge is -2.34. The van der Waals surface area contributed by atoms with Crippen LogP contribution in [0, 0.1) is 11.8 Å². The first-order valence-electron chi connectivity index (χ1n) is 10.7. The molecule has 2 aromatic carbocycles. The number of nitrogens with zero attached hydrogens (tertiary/aromatic N) is 3. The molecule has 0 bridgehead atoms. The molecule has 1 aromatic heterocycles. The average molecular weight is 421 g/mol. The van der Waals surface area contributed by atoms with E-state index in [0.717, 1.165) is 16.7 Å². The molecule has 1 atom stereocenters. The zero-order valence-electron chi connectivity index (χ0n) is 17.6. The van der Waals surface area contributed by atoms with Gasteiger partial charge in [0.25, 0.3) is 6.01 Å². The molecule has 0 unspecified atom stereocenters. The lowest BCUT2D eigenvalue weighted by molar-refractivity contribution is -0.144. The van der Waals surface area contributed by atoms with Gasteiger partial charge in [0.05, 0.1) is 5.92 Å². The normalized spacial score (nSPS) is 15.7. The summed E-state index contributed by atoms with van der Waals surface area (Å²) in [5.41, 5.74) is 2.58. The second kappa shape index (κ2) is 9.20. The summed E-state index contributed by atoms with van der Waals surface area (Å²) in [7, 11) is 0. The SMILES string of the molecule is C[C@H](CN(Cc1ccccc1)C(=O)C1CCN(c2nc3ccccc3o2)CC1)C(=O)O. The van der Waals surface area contributed by atoms with E-state index in [1.165, 1.54) is 0 Å². The number of benzene rings is 2. The monoisotopic (exact) mass is 421 g/mol. The molecule has 1 saturated heterocycles. The van der Waals surface area contributed by atoms with Crippen molar-refractivity contribution in [1.29, 1.82) is 0 Å². The molecule has 0 spiro atoms. The Kier molecular flexibility index (Phi) is 6.21. The highest BCUT2D eigenvalue weighted by molar-refractivity contribution is 5.80. The number of para-hydroxylation sites is 2. The van der Waals surface area contributed by atoms with Gasteiger partial charge in [-0.25, -0.2) is 0 Å². The maximum absolute atomic E-state index is 13.3. The first-order valence-corrected chi connectivity index (χ1v) is 10.7. The third kappa shape index (κ3) is 4.87. The summed E-state index contributed by atoms with van der Waals surface area (Å²) in [6, 6.07) is 18.0. The fraction of sp³-hybridized carbons (Fsp3) is 0.375. The van der Waals surface area contributed by atoms with E-state index < -0.39 is 11.9 Å². The van der Waals surface area contributed by atoms with Crippen molar-refractivity contribution >= 4 is 29.0 Å². The van der Waals surface area contributed by atoms with Gasteiger partial charge in [0.15, 0.2) is 5.58 Å². The number of carbonyl (C=O) groups excluding carboxylic acids is 1. The highest BCUT2D eigenvalue weighted by Gasteiger charge is 2.31. The fourth-order valence-corrected chi connectivity index (χ4v) is 4.02. The maximum atomic E-state index is 13.3. The van der Waals surface area contributed by atoms with Gasteiger partial charge in [0, 0.05) is 32.1 Å². The number of aliphatic carboxylic acids is 1. The van der Waals surface area contributed by atoms with Crippen LogP contribution < -0.4 is 4.90 Å². The number of piperidine rings is 1. The molecule has 0 aliphatic carbocycles. The molecule has 1 aliphatic rings. The van der Waals surface area contributed by atoms with Gasteiger partial charge in [-0.05, 0) is 30.5 Å². The molecule has 1 aliphatic heterocycles. The van der Waals surface area contributed by atoms with Crippen LogP contribution in [0.2, 0.25) is 0 Å². The molecule has 7 heteroatoms. The van der Waals surface area contributed by atoms with Crippen LogP contribution in [-0.4, -0.2) is 46.5 Å². The molecule has 0 radical (unpaired) electrons. The van der Waals surface area contributed by atoms with Gasteiger partial charge in [-0.15, -0.1) is 0 Å². The number of rotatable bonds is 7. The molecular weight excluding hydrogens is 394 g/mol. The van der Waals surface area contributed by atoms with Crippen molar-refractivity contribution in [1.82, 2.24) is 9.88 Å². The predicted octanol–water partition coefficient (Wildman–Crippen LogP) is 3.79. The predicted molar refractivity (Wildman–Crippen MR) is 118 cm³/mol. The molecular formula is C24H27N3O4. The topological polar surface area (TPSA) is 86.9 Å². The summed E-state index contributed by atoms with van der Waals surface area (Å²) in [4.78, 5) is 33.0. The van der Waals surface area contributed by atoms with Gasteiger partial charge in [-0.3, -0.25) is 9.59 Å². The Hall–Kier alpha value is -3.35. The van der Waals surface area contributed by atoms with E-state index in [1.807, 2.05) is 54.6 Å². The van der Waals surface area contributed by atoms with Gasteiger partial charge >= 0.3 is 5.97 Å². The van der Waals surface area contributed by atoms with E-state index in [0.29, 0.717) is 38.5 Å². The number of hydrogen-bond acceptors (Lipinski definition) is 5. The summed E-state index contributed by atoms with van der Waals surface area (Å²) >= 11 is 0. The van der Waals surface area contributed by atoms with Crippen molar-refractivity contribution in [2.24, 2.45) is 11.8 Å². The number of carboxylic acid groups (broad SMARTS) is 1. The third-order valence-electron chi connectivity index (χ3n) is 5.84. The highest BCUT2D eigenvalue weighted by atomic mass is 16.4. The maximum Gasteiger partial charge on any atom is 0.308 e. The fourth-order valence-electron chi connectivity index (χ4n) is 4.02. The standard InChI is InChI=1S/C24H27N3O4/c1-17(23(29)30)15-27(16-18-7-3-2-4-8-18)22(28)19-11-13-26(14-12-19)24-25-20-9-5-6-10-21(20)31-24/h2-10,17,19H,11-16H2,1H3,(H,29,30)/t17-/m1/s1. The first kappa shape index (κ1) is 20.9. The summed E-state index contributed by atoms with van der Waals surface area (Å²) in [5, 5.41) is 9.35. The van der Waals surface area contributed by atoms with E-state index >= 15 is 0 Å². The van der Waals surface area contributed by atoms with Crippen molar-refractivity contribution in [3.63, 3.8) is 0 Å². The lowest BCUT2D eigenvalue weighted by atomic mass is 9.94. The smallest absolute Gasteiger partial charge is 0.308 e. The van der Waals surface area contributed by atoms with Gasteiger partial charge in [0.1, 0.15) is 5.52 Å². The zero-order chi connectivity index (χ0) is 21.8. The quantitative estimate of drug-likeness (QED) is 0.625. The molecule has 1 N–H and O–H groups in total. The number of hydrogen-bond donors (Lipinski definition) is 1. The van der Waals surface area contributed by atoms with Crippen LogP contribution in [0.15, 0.2) is 59.0 Å². The number of fused-ring (bicyclic) bond motifs is 1. The number of carbonyl (C=O) groups is 2. The van der Waals surface area contributed by atoms with Crippen LogP contribution in [0.3, 0.4) is 0 Å². The zero-order valence-corrected chi connectivity index (χ0v) is 17.6. The van der Waals surface area contributed by atoms with Crippen LogP contribution in [0.5, 0.6) is 0 Å². The van der Waals surface area contributed by atoms with Crippen LogP contribution in [0.25, 0.3) is 11.1 Å². The number of amides is 1. The van der Waals surface area contributed by atoms with Gasteiger partial charge in [-0.2, -0.15) is 4.98 Å². The van der Waals surface area contributed by atoms with Gasteiger partial charge in [-0.1, -0.05) is 49.4 Å². The second-order valence-corrected chi connectivity index (χ2v) is 8.17. The minimum Gasteiger partial charge on any atom is -0.481 e. The summed E-state index contributed by atoms with van der Waals surface area (Å²) in [6.07, 6.45) is 1.37. The van der Waals surface area contributed by atoms with Crippen molar-refractivity contribution < 1.29 is 19.1 Å². The molecule has 1 amide bonds. The van der Waals surface area contributed by atoms with Crippen LogP contribution in [0.4, 0.5) is 6.01 Å². The van der Waals surface area contributed by atoms with Crippen molar-refractivity contribution in [2.45, 2.75) is 26.3 Å². The van der Waals surface area contributed by atoms with E-state index in [9.17, 15) is 14.7 Å². The Morgan fingerprint density at radius 3 is 2.48 bits per heavy atom. The molecule has 0 saturated carbocycles. The van der Waals surface area contributed by atoms with Gasteiger partial charge in [0.2, 0.25) is 5.91 Å². The van der Waals surface area contributed by atoms with E-state index in [1.54, 1.807) is 11.8 Å². The molecule has 1 fully saturated rings. The van der Waals surface area contributed by atoms with Crippen LogP contribution in [-0.2, 0) is 16.1 Å². The first-order chi connectivity index (χ1) is 15.0. The third-order valence-corrected chi connectivity index (χ3v) is 5.84. The summed E-state index contributed by atoms with van der Waals surface area (Å²) in [5.74, 6) is -1.62. The van der Waals surface area contributed by atoms with Gasteiger partial charge < -0.3 is 19.3 Å². The molecule has 2 heterocycles. The Balaban J connectivity index is 1.42. The molecule has 162 valence electrons. The Morgan fingerprint density at radius 2 is 1.81 bits per heavy atom. The highest BCUT2D eigenvalue weighted by Crippen LogP contribution is 2.27. The summed E-state index contributed by atoms with van der Waals surface area (Å²) < 4.78 is 5.86. The molecule has 3 aromatic rings. The Bertz CT molecular complexity index is 1010. The average Bonchev–Trinajstić information content (AvgIpc) is 3.23. The van der Waals surface area contributed by atoms with Crippen LogP contribution in [0.1, 0.15) is 25.3 Å². The van der Waals surface area contributed by atoms with Crippen LogP contribution >= 0.6 is 0 Å². The summed E-state index contributed by atoms with van der Waals surface area (Å²) in [6.45, 7) is 3.62. The minimum atomic E-state index is -0.892. The largest absolute Gasteiger partial charge is 0.481 e. The Labute approximate surface area is 181 Å². The number of carboxylic acids is 1. The minimum absolute atomic E-state index is 0.0224. The Morgan fingerprint density at radius 1 is 1.13 bits per heavy atom. The number of aromatic nitrogens is 1. The molecule has 4 rings (SSSR count). The van der Waals surface area contributed by atoms with Crippen molar-refractivity contribution in [3.8, 4) is 0 Å². The van der Waals surface area contributed by atoms with Crippen molar-refractivity contribution in [2.75, 3.05) is 24.5 Å². The molecule has 31 heavy (non-hydrogen) atoms. The van der Waals surface area contributed by atoms with E-state index in [-0.39, 0.29) is 18.4 Å². The molecule has 7 nitrogen and oxygen atoms in total. The van der Waals surface area contributed by atoms with Crippen molar-refractivity contribution in [3.05, 3.63) is 60.2 Å². The number of oxazole rings is 1. The number of anilines is 1. The second-order valence-electron chi connectivity index (χ2n) is 8.17.